The average Bonchev–Trinajstić information content (AvgIpc) is 2.90. The molecule has 0 atom stereocenters. The first kappa shape index (κ1) is 18.2. The number of nitrogens with zero attached hydrogens (tertiary/aromatic N) is 1. The third kappa shape index (κ3) is 3.37. The molecule has 5 nitrogen and oxygen atoms in total. The predicted octanol–water partition coefficient (Wildman–Crippen LogP) is 4.68. The monoisotopic (exact) mass is 370 g/mol. The van der Waals surface area contributed by atoms with Crippen molar-refractivity contribution in [3.05, 3.63) is 64.3 Å². The van der Waals surface area contributed by atoms with Crippen LogP contribution in [0.2, 0.25) is 0 Å². The molecule has 136 valence electrons. The Bertz CT molecular complexity index is 1080. The number of benzene rings is 2. The normalized spacial score (nSPS) is 11.6. The number of sulfonamides is 1. The molecule has 6 heteroatoms. The molecule has 0 spiro atoms. The Morgan fingerprint density at radius 3 is 2.27 bits per heavy atom. The van der Waals surface area contributed by atoms with E-state index in [1.54, 1.807) is 25.1 Å². The molecule has 0 aliphatic rings. The van der Waals surface area contributed by atoms with Crippen molar-refractivity contribution in [1.82, 2.24) is 5.16 Å². The van der Waals surface area contributed by atoms with E-state index >= 15 is 0 Å². The van der Waals surface area contributed by atoms with Crippen molar-refractivity contribution in [3.63, 3.8) is 0 Å². The highest BCUT2D eigenvalue weighted by Crippen LogP contribution is 2.30. The highest BCUT2D eigenvalue weighted by Gasteiger charge is 2.20. The van der Waals surface area contributed by atoms with Crippen LogP contribution in [0.15, 0.2) is 45.8 Å². The number of anilines is 1. The molecule has 2 aromatic carbocycles. The van der Waals surface area contributed by atoms with Gasteiger partial charge in [0.2, 0.25) is 0 Å². The zero-order valence-corrected chi connectivity index (χ0v) is 16.4. The quantitative estimate of drug-likeness (QED) is 0.723. The van der Waals surface area contributed by atoms with Crippen LogP contribution in [0.5, 0.6) is 0 Å². The maximum atomic E-state index is 13.0. The van der Waals surface area contributed by atoms with Gasteiger partial charge in [-0.3, -0.25) is 4.72 Å². The Balaban J connectivity index is 2.04. The van der Waals surface area contributed by atoms with Gasteiger partial charge in [0.05, 0.1) is 16.3 Å². The molecule has 0 amide bonds. The summed E-state index contributed by atoms with van der Waals surface area (Å²) in [6.07, 6.45) is 0. The minimum atomic E-state index is -3.73. The largest absolute Gasteiger partial charge is 0.356 e. The van der Waals surface area contributed by atoms with Crippen molar-refractivity contribution in [1.29, 1.82) is 0 Å². The van der Waals surface area contributed by atoms with Gasteiger partial charge in [-0.05, 0) is 57.9 Å². The van der Waals surface area contributed by atoms with Crippen LogP contribution in [0.4, 0.5) is 5.69 Å². The Morgan fingerprint density at radius 1 is 0.923 bits per heavy atom. The number of nitrogens with one attached hydrogen (secondary N) is 1. The molecule has 0 bridgehead atoms. The molecular formula is C20H22N2O3S. The number of aromatic nitrogens is 1. The van der Waals surface area contributed by atoms with Crippen molar-refractivity contribution >= 4 is 15.7 Å². The first-order valence-corrected chi connectivity index (χ1v) is 9.81. The van der Waals surface area contributed by atoms with Gasteiger partial charge in [-0.15, -0.1) is 0 Å². The van der Waals surface area contributed by atoms with E-state index in [9.17, 15) is 8.42 Å². The summed E-state index contributed by atoms with van der Waals surface area (Å²) in [5, 5.41) is 3.95. The lowest BCUT2D eigenvalue weighted by molar-refractivity contribution is 0.427. The Kier molecular flexibility index (Phi) is 4.63. The third-order valence-corrected chi connectivity index (χ3v) is 6.03. The summed E-state index contributed by atoms with van der Waals surface area (Å²) in [4.78, 5) is 0.225. The molecule has 0 fully saturated rings. The van der Waals surface area contributed by atoms with Gasteiger partial charge in [0.25, 0.3) is 10.0 Å². The van der Waals surface area contributed by atoms with Gasteiger partial charge >= 0.3 is 0 Å². The van der Waals surface area contributed by atoms with Crippen LogP contribution in [0.3, 0.4) is 0 Å². The molecule has 1 aromatic heterocycles. The second kappa shape index (κ2) is 6.61. The standard InChI is InChI=1S/C20H22N2O3S/c1-12-6-9-18(14(3)10-12)22-26(23,24)19-11-17(8-7-13(19)2)20-15(4)16(5)21-25-20/h6-11,22H,1-5H3. The summed E-state index contributed by atoms with van der Waals surface area (Å²) in [7, 11) is -3.73. The molecule has 0 saturated carbocycles. The summed E-state index contributed by atoms with van der Waals surface area (Å²) in [5.41, 5.74) is 5.59. The summed E-state index contributed by atoms with van der Waals surface area (Å²) < 4.78 is 34.0. The molecule has 3 rings (SSSR count). The first-order valence-electron chi connectivity index (χ1n) is 8.33. The molecule has 3 aromatic rings. The molecule has 0 unspecified atom stereocenters. The lowest BCUT2D eigenvalue weighted by Crippen LogP contribution is -2.15. The number of hydrogen-bond acceptors (Lipinski definition) is 4. The van der Waals surface area contributed by atoms with Crippen LogP contribution in [-0.4, -0.2) is 13.6 Å². The number of hydrogen-bond donors (Lipinski definition) is 1. The Labute approximate surface area is 154 Å². The lowest BCUT2D eigenvalue weighted by atomic mass is 10.1. The van der Waals surface area contributed by atoms with Crippen LogP contribution in [0, 0.1) is 34.6 Å². The highest BCUT2D eigenvalue weighted by molar-refractivity contribution is 7.92. The van der Waals surface area contributed by atoms with Gasteiger partial charge < -0.3 is 4.52 Å². The van der Waals surface area contributed by atoms with Crippen molar-refractivity contribution in [2.24, 2.45) is 0 Å². The van der Waals surface area contributed by atoms with Gasteiger partial charge in [0.1, 0.15) is 0 Å². The fraction of sp³-hybridized carbons (Fsp3) is 0.250. The SMILES string of the molecule is Cc1ccc(NS(=O)(=O)c2cc(-c3onc(C)c3C)ccc2C)c(C)c1. The summed E-state index contributed by atoms with van der Waals surface area (Å²) in [6.45, 7) is 9.40. The zero-order valence-electron chi connectivity index (χ0n) is 15.5. The van der Waals surface area contributed by atoms with Crippen LogP contribution in [0.25, 0.3) is 11.3 Å². The second-order valence-corrected chi connectivity index (χ2v) is 8.28. The van der Waals surface area contributed by atoms with E-state index in [2.05, 4.69) is 9.88 Å². The first-order chi connectivity index (χ1) is 12.2. The fourth-order valence-corrected chi connectivity index (χ4v) is 4.25. The van der Waals surface area contributed by atoms with Gasteiger partial charge in [0, 0.05) is 11.1 Å². The highest BCUT2D eigenvalue weighted by atomic mass is 32.2. The molecule has 0 radical (unpaired) electrons. The Morgan fingerprint density at radius 2 is 1.65 bits per heavy atom. The maximum absolute atomic E-state index is 13.0. The Hall–Kier alpha value is -2.60. The number of rotatable bonds is 4. The smallest absolute Gasteiger partial charge is 0.262 e. The number of aryl methyl sites for hydroxylation is 4. The zero-order chi connectivity index (χ0) is 19.1. The molecule has 0 aliphatic carbocycles. The van der Waals surface area contributed by atoms with Gasteiger partial charge in [0.15, 0.2) is 5.76 Å². The molecular weight excluding hydrogens is 348 g/mol. The molecule has 0 aliphatic heterocycles. The molecule has 26 heavy (non-hydrogen) atoms. The predicted molar refractivity (Wildman–Crippen MR) is 103 cm³/mol. The molecule has 0 saturated heterocycles. The van der Waals surface area contributed by atoms with Crippen LogP contribution >= 0.6 is 0 Å². The third-order valence-electron chi connectivity index (χ3n) is 4.52. The van der Waals surface area contributed by atoms with Crippen LogP contribution < -0.4 is 4.72 Å². The van der Waals surface area contributed by atoms with Crippen molar-refractivity contribution in [3.8, 4) is 11.3 Å². The van der Waals surface area contributed by atoms with Gasteiger partial charge in [-0.2, -0.15) is 0 Å². The summed E-state index contributed by atoms with van der Waals surface area (Å²) >= 11 is 0. The average molecular weight is 370 g/mol. The topological polar surface area (TPSA) is 72.2 Å². The van der Waals surface area contributed by atoms with E-state index in [1.165, 1.54) is 0 Å². The lowest BCUT2D eigenvalue weighted by Gasteiger charge is -2.13. The maximum Gasteiger partial charge on any atom is 0.262 e. The van der Waals surface area contributed by atoms with Gasteiger partial charge in [-0.25, -0.2) is 8.42 Å². The molecule has 1 N–H and O–H groups in total. The van der Waals surface area contributed by atoms with Crippen molar-refractivity contribution < 1.29 is 12.9 Å². The van der Waals surface area contributed by atoms with E-state index in [-0.39, 0.29) is 4.90 Å². The van der Waals surface area contributed by atoms with E-state index < -0.39 is 10.0 Å². The van der Waals surface area contributed by atoms with E-state index in [0.29, 0.717) is 22.6 Å². The van der Waals surface area contributed by atoms with E-state index in [0.717, 1.165) is 22.4 Å². The summed E-state index contributed by atoms with van der Waals surface area (Å²) in [5.74, 6) is 0.588. The van der Waals surface area contributed by atoms with E-state index in [1.807, 2.05) is 45.9 Å². The van der Waals surface area contributed by atoms with Crippen LogP contribution in [0.1, 0.15) is 27.9 Å². The molecule has 1 heterocycles. The van der Waals surface area contributed by atoms with Gasteiger partial charge in [-0.1, -0.05) is 35.0 Å². The van der Waals surface area contributed by atoms with Crippen LogP contribution in [-0.2, 0) is 10.0 Å². The van der Waals surface area contributed by atoms with Crippen molar-refractivity contribution in [2.45, 2.75) is 39.5 Å². The minimum Gasteiger partial charge on any atom is -0.356 e. The van der Waals surface area contributed by atoms with Crippen molar-refractivity contribution in [2.75, 3.05) is 4.72 Å². The second-order valence-electron chi connectivity index (χ2n) is 6.63. The minimum absolute atomic E-state index is 0.225. The van der Waals surface area contributed by atoms with E-state index in [4.69, 9.17) is 4.52 Å². The fourth-order valence-electron chi connectivity index (χ4n) is 2.84. The summed E-state index contributed by atoms with van der Waals surface area (Å²) in [6, 6.07) is 10.9.